The first-order chi connectivity index (χ1) is 12.8. The number of hydrogen-bond acceptors (Lipinski definition) is 4. The first-order valence-electron chi connectivity index (χ1n) is 8.99. The van der Waals surface area contributed by atoms with Crippen LogP contribution in [0, 0.1) is 0 Å². The maximum Gasteiger partial charge on any atom is 0.246 e. The number of carbonyl (C=O) groups is 1. The highest BCUT2D eigenvalue weighted by atomic mass is 32.2. The summed E-state index contributed by atoms with van der Waals surface area (Å²) in [5.41, 5.74) is 4.10. The van der Waals surface area contributed by atoms with Crippen molar-refractivity contribution in [1.29, 1.82) is 0 Å². The molecule has 0 heterocycles. The minimum absolute atomic E-state index is 0.143. The molecule has 0 radical (unpaired) electrons. The first kappa shape index (κ1) is 19.4. The van der Waals surface area contributed by atoms with Crippen molar-refractivity contribution in [2.45, 2.75) is 37.1 Å². The Balaban J connectivity index is 1.68. The van der Waals surface area contributed by atoms with E-state index in [0.717, 1.165) is 22.8 Å². The molecule has 0 saturated carbocycles. The number of nitrogens with one attached hydrogen (secondary N) is 2. The number of benzene rings is 2. The number of anilines is 2. The van der Waals surface area contributed by atoms with Gasteiger partial charge in [-0.2, -0.15) is 0 Å². The third-order valence-corrected chi connectivity index (χ3v) is 6.57. The maximum atomic E-state index is 12.5. The van der Waals surface area contributed by atoms with E-state index in [1.165, 1.54) is 43.8 Å². The lowest BCUT2D eigenvalue weighted by Crippen LogP contribution is -2.32. The van der Waals surface area contributed by atoms with Gasteiger partial charge in [0.05, 0.1) is 4.90 Å². The van der Waals surface area contributed by atoms with Gasteiger partial charge in [0.2, 0.25) is 15.9 Å². The van der Waals surface area contributed by atoms with Crippen molar-refractivity contribution in [3.63, 3.8) is 0 Å². The summed E-state index contributed by atoms with van der Waals surface area (Å²) in [5.74, 6) is -0.227. The first-order valence-corrected chi connectivity index (χ1v) is 10.4. The predicted octanol–water partition coefficient (Wildman–Crippen LogP) is 2.86. The number of hydrogen-bond donors (Lipinski definition) is 2. The third-order valence-electron chi connectivity index (χ3n) is 4.76. The Kier molecular flexibility index (Phi) is 5.53. The van der Waals surface area contributed by atoms with Gasteiger partial charge in [0.1, 0.15) is 6.04 Å². The van der Waals surface area contributed by atoms with Crippen LogP contribution in [0.1, 0.15) is 24.5 Å². The van der Waals surface area contributed by atoms with Crippen molar-refractivity contribution in [2.24, 2.45) is 0 Å². The number of fused-ring (bicyclic) bond motifs is 1. The molecule has 0 fully saturated rings. The summed E-state index contributed by atoms with van der Waals surface area (Å²) in [4.78, 5) is 12.7. The van der Waals surface area contributed by atoms with E-state index >= 15 is 0 Å². The topological polar surface area (TPSA) is 78.5 Å². The van der Waals surface area contributed by atoms with E-state index in [0.29, 0.717) is 5.69 Å². The Hall–Kier alpha value is -2.38. The molecule has 2 aromatic carbocycles. The van der Waals surface area contributed by atoms with Crippen molar-refractivity contribution < 1.29 is 13.2 Å². The van der Waals surface area contributed by atoms with Crippen molar-refractivity contribution >= 4 is 27.3 Å². The van der Waals surface area contributed by atoms with Crippen molar-refractivity contribution in [1.82, 2.24) is 4.31 Å². The lowest BCUT2D eigenvalue weighted by molar-refractivity contribution is -0.116. The van der Waals surface area contributed by atoms with Gasteiger partial charge in [-0.05, 0) is 67.6 Å². The van der Waals surface area contributed by atoms with E-state index < -0.39 is 16.1 Å². The summed E-state index contributed by atoms with van der Waals surface area (Å²) in [5, 5.41) is 6.00. The number of rotatable bonds is 6. The van der Waals surface area contributed by atoms with Crippen LogP contribution in [-0.2, 0) is 27.7 Å². The van der Waals surface area contributed by atoms with Gasteiger partial charge in [0.15, 0.2) is 0 Å². The fourth-order valence-electron chi connectivity index (χ4n) is 3.17. The lowest BCUT2D eigenvalue weighted by atomic mass is 10.1. The van der Waals surface area contributed by atoms with Gasteiger partial charge < -0.3 is 10.6 Å². The second kappa shape index (κ2) is 7.70. The van der Waals surface area contributed by atoms with E-state index in [-0.39, 0.29) is 10.8 Å². The van der Waals surface area contributed by atoms with Gasteiger partial charge in [0, 0.05) is 25.5 Å². The summed E-state index contributed by atoms with van der Waals surface area (Å²) >= 11 is 0. The largest absolute Gasteiger partial charge is 0.374 e. The minimum Gasteiger partial charge on any atom is -0.374 e. The minimum atomic E-state index is -3.54. The molecule has 6 nitrogen and oxygen atoms in total. The van der Waals surface area contributed by atoms with Gasteiger partial charge >= 0.3 is 0 Å². The second-order valence-corrected chi connectivity index (χ2v) is 9.16. The number of carbonyl (C=O) groups excluding carboxylic acids is 1. The highest BCUT2D eigenvalue weighted by Gasteiger charge is 2.19. The van der Waals surface area contributed by atoms with Crippen LogP contribution in [0.2, 0.25) is 0 Å². The van der Waals surface area contributed by atoms with E-state index in [9.17, 15) is 13.2 Å². The molecule has 1 amide bonds. The average molecular weight is 388 g/mol. The third kappa shape index (κ3) is 4.31. The van der Waals surface area contributed by atoms with Gasteiger partial charge in [-0.3, -0.25) is 4.79 Å². The summed E-state index contributed by atoms with van der Waals surface area (Å²) < 4.78 is 25.6. The van der Waals surface area contributed by atoms with Gasteiger partial charge in [-0.15, -0.1) is 0 Å². The van der Waals surface area contributed by atoms with Crippen LogP contribution in [0.3, 0.4) is 0 Å². The Bertz CT molecular complexity index is 955. The molecule has 0 saturated heterocycles. The van der Waals surface area contributed by atoms with Crippen LogP contribution in [0.5, 0.6) is 0 Å². The summed E-state index contributed by atoms with van der Waals surface area (Å²) in [6.45, 7) is 1.78. The molecule has 1 aliphatic carbocycles. The summed E-state index contributed by atoms with van der Waals surface area (Å²) in [6.07, 6.45) is 3.39. The predicted molar refractivity (Wildman–Crippen MR) is 107 cm³/mol. The van der Waals surface area contributed by atoms with Crippen LogP contribution in [0.15, 0.2) is 47.4 Å². The fourth-order valence-corrected chi connectivity index (χ4v) is 4.12. The molecular weight excluding hydrogens is 362 g/mol. The van der Waals surface area contributed by atoms with E-state index in [2.05, 4.69) is 22.8 Å². The number of nitrogens with zero attached hydrogens (tertiary/aromatic N) is 1. The van der Waals surface area contributed by atoms with E-state index in [4.69, 9.17) is 0 Å². The summed E-state index contributed by atoms with van der Waals surface area (Å²) in [6, 6.07) is 12.0. The SMILES string of the molecule is C[C@H](Nc1ccc2c(c1)CCC2)C(=O)Nc1cccc(S(=O)(=O)N(C)C)c1. The monoisotopic (exact) mass is 387 g/mol. The van der Waals surface area contributed by atoms with Crippen LogP contribution >= 0.6 is 0 Å². The molecule has 1 aliphatic rings. The van der Waals surface area contributed by atoms with Crippen molar-refractivity contribution in [3.8, 4) is 0 Å². The maximum absolute atomic E-state index is 12.5. The standard InChI is InChI=1S/C20H25N3O3S/c1-14(21-18-11-10-15-6-4-7-16(15)12-18)20(24)22-17-8-5-9-19(13-17)27(25,26)23(2)3/h5,8-14,21H,4,6-7H2,1-3H3,(H,22,24)/t14-/m0/s1. The van der Waals surface area contributed by atoms with Crippen LogP contribution in [0.25, 0.3) is 0 Å². The number of sulfonamides is 1. The van der Waals surface area contributed by atoms with Crippen molar-refractivity contribution in [3.05, 3.63) is 53.6 Å². The molecule has 27 heavy (non-hydrogen) atoms. The molecular formula is C20H25N3O3S. The summed E-state index contributed by atoms with van der Waals surface area (Å²) in [7, 11) is -0.593. The zero-order valence-corrected chi connectivity index (χ0v) is 16.6. The van der Waals surface area contributed by atoms with Crippen LogP contribution in [0.4, 0.5) is 11.4 Å². The second-order valence-electron chi connectivity index (χ2n) is 7.01. The molecule has 0 unspecified atom stereocenters. The van der Waals surface area contributed by atoms with Crippen LogP contribution in [-0.4, -0.2) is 38.8 Å². The van der Waals surface area contributed by atoms with Crippen LogP contribution < -0.4 is 10.6 Å². The Morgan fingerprint density at radius 1 is 1.04 bits per heavy atom. The highest BCUT2D eigenvalue weighted by molar-refractivity contribution is 7.89. The molecule has 2 aromatic rings. The molecule has 0 aliphatic heterocycles. The zero-order valence-electron chi connectivity index (χ0n) is 15.8. The van der Waals surface area contributed by atoms with Crippen molar-refractivity contribution in [2.75, 3.05) is 24.7 Å². The molecule has 2 N–H and O–H groups in total. The van der Waals surface area contributed by atoms with E-state index in [1.807, 2.05) is 6.07 Å². The quantitative estimate of drug-likeness (QED) is 0.799. The number of amides is 1. The molecule has 3 rings (SSSR count). The molecule has 0 bridgehead atoms. The van der Waals surface area contributed by atoms with Gasteiger partial charge in [0.25, 0.3) is 0 Å². The van der Waals surface area contributed by atoms with Gasteiger partial charge in [-0.1, -0.05) is 12.1 Å². The molecule has 144 valence electrons. The lowest BCUT2D eigenvalue weighted by Gasteiger charge is -2.17. The molecule has 1 atom stereocenters. The Labute approximate surface area is 160 Å². The molecule has 7 heteroatoms. The van der Waals surface area contributed by atoms with Gasteiger partial charge in [-0.25, -0.2) is 12.7 Å². The smallest absolute Gasteiger partial charge is 0.246 e. The Morgan fingerprint density at radius 2 is 1.78 bits per heavy atom. The molecule has 0 aromatic heterocycles. The molecule has 0 spiro atoms. The highest BCUT2D eigenvalue weighted by Crippen LogP contribution is 2.25. The number of aryl methyl sites for hydroxylation is 2. The average Bonchev–Trinajstić information content (AvgIpc) is 3.09. The Morgan fingerprint density at radius 3 is 2.52 bits per heavy atom. The van der Waals surface area contributed by atoms with E-state index in [1.54, 1.807) is 19.1 Å². The zero-order chi connectivity index (χ0) is 19.6. The normalized spacial score (nSPS) is 14.7. The fraction of sp³-hybridized carbons (Fsp3) is 0.350.